The molecule has 0 aromatic carbocycles. The number of rotatable bonds is 12. The van der Waals surface area contributed by atoms with Gasteiger partial charge in [0.15, 0.2) is 25.2 Å². The third kappa shape index (κ3) is 9.01. The molecule has 10 N–H and O–H groups in total. The summed E-state index contributed by atoms with van der Waals surface area (Å²) in [5, 5.41) is 110. The topological polar surface area (TPSA) is 295 Å². The number of hydrogen-bond donors (Lipinski definition) is 10. The molecule has 4 aliphatic heterocycles. The average Bonchev–Trinajstić information content (AvgIpc) is 3.58. The second kappa shape index (κ2) is 20.1. The lowest BCUT2D eigenvalue weighted by Gasteiger charge is -2.64. The highest BCUT2D eigenvalue weighted by Gasteiger charge is 2.73. The summed E-state index contributed by atoms with van der Waals surface area (Å²) in [6, 6.07) is 0. The van der Waals surface area contributed by atoms with Crippen molar-refractivity contribution in [1.82, 2.24) is 0 Å². The van der Waals surface area contributed by atoms with Crippen LogP contribution in [0.15, 0.2) is 11.6 Å². The molecule has 0 aromatic heterocycles. The summed E-state index contributed by atoms with van der Waals surface area (Å²) in [5.74, 6) is -0.970. The molecule has 0 unspecified atom stereocenters. The zero-order valence-electron chi connectivity index (χ0n) is 39.9. The van der Waals surface area contributed by atoms with E-state index in [9.17, 15) is 51.1 Å². The first kappa shape index (κ1) is 52.3. The summed E-state index contributed by atoms with van der Waals surface area (Å²) in [4.78, 5) is 0. The molecule has 8 rings (SSSR count). The molecule has 386 valence electrons. The Balaban J connectivity index is 0.841. The summed E-state index contributed by atoms with van der Waals surface area (Å²) >= 11 is 0. The molecule has 7 fully saturated rings. The van der Waals surface area contributed by atoms with E-state index in [0.29, 0.717) is 38.5 Å². The molecule has 0 radical (unpaired) electrons. The number of methoxy groups -OCH3 is 2. The van der Waals surface area contributed by atoms with Gasteiger partial charge in [-0.1, -0.05) is 25.5 Å². The fraction of sp³-hybridized carbons (Fsp3) is 0.957. The van der Waals surface area contributed by atoms with Gasteiger partial charge in [0.2, 0.25) is 0 Å². The van der Waals surface area contributed by atoms with Crippen LogP contribution < -0.4 is 0 Å². The lowest BCUT2D eigenvalue weighted by atomic mass is 9.44. The third-order valence-electron chi connectivity index (χ3n) is 17.7. The van der Waals surface area contributed by atoms with E-state index in [0.717, 1.165) is 5.57 Å². The lowest BCUT2D eigenvalue weighted by Crippen LogP contribution is -2.71. The van der Waals surface area contributed by atoms with Gasteiger partial charge >= 0.3 is 0 Å². The smallest absolute Gasteiger partial charge is 0.187 e. The first-order chi connectivity index (χ1) is 31.6. The van der Waals surface area contributed by atoms with Gasteiger partial charge in [0.05, 0.1) is 67.1 Å². The van der Waals surface area contributed by atoms with E-state index in [1.807, 2.05) is 6.92 Å². The van der Waals surface area contributed by atoms with E-state index in [-0.39, 0.29) is 36.7 Å². The molecule has 20 heteroatoms. The molecule has 4 heterocycles. The zero-order valence-corrected chi connectivity index (χ0v) is 39.9. The minimum atomic E-state index is -1.67. The van der Waals surface area contributed by atoms with Gasteiger partial charge in [-0.05, 0) is 83.5 Å². The molecule has 0 bridgehead atoms. The van der Waals surface area contributed by atoms with Gasteiger partial charge in [-0.2, -0.15) is 0 Å². The van der Waals surface area contributed by atoms with Crippen molar-refractivity contribution in [3.05, 3.63) is 11.6 Å². The molecule has 67 heavy (non-hydrogen) atoms. The fourth-order valence-electron chi connectivity index (χ4n) is 13.9. The standard InChI is InChI=1S/C47H78O20/c1-19(49)25-12-14-47(57)26-10-9-23-15-24(11-13-45(23,5)32(26)34(52)42(56)46(25,47)6)63-30-16-27(50)38(20(2)60-30)65-31-17-28(58-7)39(21(3)61-31)66-44-37(55)41(59-8)40(22(4)62-44)67-43-36(54)35(53)33(51)29(18-48)64-43/h9,19-22,24-44,48-57H,10-18H2,1-8H3/t19-,20-,21-,22-,24-,25+,26+,27-,28-,29-,30-,31-,32+,33+,34-,35+,36+,37+,38+,39+,40+,41-,42-,43-,44-,45-,46-,47-/m0/s1. The average molecular weight is 963 g/mol. The quantitative estimate of drug-likeness (QED) is 0.106. The van der Waals surface area contributed by atoms with Gasteiger partial charge in [-0.15, -0.1) is 0 Å². The number of fused-ring (bicyclic) bond motifs is 5. The molecule has 0 spiro atoms. The highest BCUT2D eigenvalue weighted by atomic mass is 16.8. The zero-order chi connectivity index (χ0) is 48.7. The minimum absolute atomic E-state index is 0.145. The van der Waals surface area contributed by atoms with Gasteiger partial charge in [-0.3, -0.25) is 0 Å². The molecule has 28 atom stereocenters. The van der Waals surface area contributed by atoms with Crippen LogP contribution in [-0.2, 0) is 47.4 Å². The first-order valence-electron chi connectivity index (χ1n) is 24.4. The number of aliphatic hydroxyl groups excluding tert-OH is 9. The summed E-state index contributed by atoms with van der Waals surface area (Å²) in [7, 11) is 2.87. The van der Waals surface area contributed by atoms with E-state index in [1.165, 1.54) is 14.2 Å². The Hall–Kier alpha value is -1.06. The summed E-state index contributed by atoms with van der Waals surface area (Å²) < 4.78 is 60.9. The van der Waals surface area contributed by atoms with Crippen molar-refractivity contribution in [2.45, 2.75) is 234 Å². The molecule has 4 aliphatic carbocycles. The van der Waals surface area contributed by atoms with Crippen LogP contribution in [0.25, 0.3) is 0 Å². The van der Waals surface area contributed by atoms with Crippen molar-refractivity contribution in [1.29, 1.82) is 0 Å². The summed E-state index contributed by atoms with van der Waals surface area (Å²) in [6.45, 7) is 10.2. The molecule has 4 saturated heterocycles. The monoisotopic (exact) mass is 963 g/mol. The largest absolute Gasteiger partial charge is 0.394 e. The van der Waals surface area contributed by atoms with Crippen molar-refractivity contribution in [3.63, 3.8) is 0 Å². The van der Waals surface area contributed by atoms with E-state index >= 15 is 0 Å². The number of allylic oxidation sites excluding steroid dienone is 1. The Morgan fingerprint density at radius 2 is 1.34 bits per heavy atom. The fourth-order valence-corrected chi connectivity index (χ4v) is 13.9. The van der Waals surface area contributed by atoms with Gasteiger partial charge in [-0.25, -0.2) is 0 Å². The van der Waals surface area contributed by atoms with Crippen LogP contribution in [0.3, 0.4) is 0 Å². The lowest BCUT2D eigenvalue weighted by molar-refractivity contribution is -0.373. The van der Waals surface area contributed by atoms with Gasteiger partial charge < -0.3 is 98.4 Å². The van der Waals surface area contributed by atoms with E-state index in [1.54, 1.807) is 27.7 Å². The number of hydrogen-bond acceptors (Lipinski definition) is 20. The molecule has 0 aromatic rings. The van der Waals surface area contributed by atoms with Crippen LogP contribution in [0.4, 0.5) is 0 Å². The molecule has 8 aliphatic rings. The van der Waals surface area contributed by atoms with Crippen LogP contribution in [0.5, 0.6) is 0 Å². The van der Waals surface area contributed by atoms with Crippen molar-refractivity contribution in [2.75, 3.05) is 20.8 Å². The summed E-state index contributed by atoms with van der Waals surface area (Å²) in [6.07, 6.45) is -16.3. The SMILES string of the molecule is CO[C@H]1[C@@H](O)[C@H](O[C@@H]2[C@H](C)O[C@@H](O[C@@H]3[C@H](C)O[C@@H](O[C@H]4CC[C@@]5(C)C(=CC[C@@H]6[C@@H]5[C@H](O)[C@H](O)[C@]5(C)[C@@H]([C@H](C)O)CC[C@]65O)C4)C[C@@H]3O)C[C@@H]2OC)O[C@@H](C)[C@H]1O[C@@H]1O[C@@H](CO)[C@@H](O)[C@@H](O)[C@H]1O. The van der Waals surface area contributed by atoms with Crippen molar-refractivity contribution in [2.24, 2.45) is 28.6 Å². The van der Waals surface area contributed by atoms with Gasteiger partial charge in [0, 0.05) is 38.4 Å². The Morgan fingerprint density at radius 3 is 1.99 bits per heavy atom. The highest BCUT2D eigenvalue weighted by molar-refractivity contribution is 5.31. The maximum Gasteiger partial charge on any atom is 0.187 e. The van der Waals surface area contributed by atoms with E-state index < -0.39 is 152 Å². The van der Waals surface area contributed by atoms with E-state index in [2.05, 4.69) is 13.0 Å². The third-order valence-corrected chi connectivity index (χ3v) is 17.7. The molecule has 0 amide bonds. The van der Waals surface area contributed by atoms with E-state index in [4.69, 9.17) is 47.4 Å². The molecule has 20 nitrogen and oxygen atoms in total. The second-order valence-electron chi connectivity index (χ2n) is 21.3. The summed E-state index contributed by atoms with van der Waals surface area (Å²) in [5.41, 5.74) is -1.62. The Kier molecular flexibility index (Phi) is 15.7. The van der Waals surface area contributed by atoms with Crippen LogP contribution in [0.2, 0.25) is 0 Å². The predicted octanol–water partition coefficient (Wildman–Crippen LogP) is -0.890. The van der Waals surface area contributed by atoms with Crippen LogP contribution in [-0.4, -0.2) is 213 Å². The Morgan fingerprint density at radius 1 is 0.701 bits per heavy atom. The van der Waals surface area contributed by atoms with Crippen molar-refractivity contribution in [3.8, 4) is 0 Å². The Labute approximate surface area is 392 Å². The van der Waals surface area contributed by atoms with Crippen molar-refractivity contribution < 1.29 is 98.4 Å². The minimum Gasteiger partial charge on any atom is -0.394 e. The predicted molar refractivity (Wildman–Crippen MR) is 230 cm³/mol. The molecular weight excluding hydrogens is 884 g/mol. The number of aliphatic hydroxyl groups is 10. The van der Waals surface area contributed by atoms with Crippen LogP contribution >= 0.6 is 0 Å². The second-order valence-corrected chi connectivity index (χ2v) is 21.3. The maximum atomic E-state index is 12.4. The molecule has 3 saturated carbocycles. The van der Waals surface area contributed by atoms with Crippen LogP contribution in [0, 0.1) is 28.6 Å². The molecular formula is C47H78O20. The van der Waals surface area contributed by atoms with Gasteiger partial charge in [0.25, 0.3) is 0 Å². The number of ether oxygens (including phenoxy) is 10. The maximum absolute atomic E-state index is 12.4. The van der Waals surface area contributed by atoms with Crippen molar-refractivity contribution >= 4 is 0 Å². The Bertz CT molecular complexity index is 1690. The highest BCUT2D eigenvalue weighted by Crippen LogP contribution is 2.68. The van der Waals surface area contributed by atoms with Crippen LogP contribution in [0.1, 0.15) is 92.9 Å². The first-order valence-corrected chi connectivity index (χ1v) is 24.4. The van der Waals surface area contributed by atoms with Gasteiger partial charge in [0.1, 0.15) is 54.9 Å². The normalized spacial score (nSPS) is 55.2.